The molecule has 0 fully saturated rings. The van der Waals surface area contributed by atoms with Crippen molar-refractivity contribution in [3.05, 3.63) is 112 Å². The maximum Gasteiger partial charge on any atom is 0.412 e. The van der Waals surface area contributed by atoms with E-state index in [4.69, 9.17) is 22.3 Å². The van der Waals surface area contributed by atoms with Gasteiger partial charge in [0.15, 0.2) is 6.04 Å². The Hall–Kier alpha value is -3.58. The van der Waals surface area contributed by atoms with Gasteiger partial charge >= 0.3 is 6.18 Å². The average Bonchev–Trinajstić information content (AvgIpc) is 2.93. The van der Waals surface area contributed by atoms with E-state index in [1.54, 1.807) is 18.2 Å². The van der Waals surface area contributed by atoms with Crippen molar-refractivity contribution in [1.29, 1.82) is 0 Å². The van der Waals surface area contributed by atoms with E-state index >= 15 is 0 Å². The lowest BCUT2D eigenvalue weighted by atomic mass is 10.0. The van der Waals surface area contributed by atoms with Crippen LogP contribution >= 0.6 is 11.6 Å². The number of hydrogen-bond donors (Lipinski definition) is 1. The van der Waals surface area contributed by atoms with Crippen LogP contribution in [0, 0.1) is 5.82 Å². The van der Waals surface area contributed by atoms with Gasteiger partial charge in [-0.2, -0.15) is 13.2 Å². The van der Waals surface area contributed by atoms with Crippen molar-refractivity contribution in [3.8, 4) is 0 Å². The second kappa shape index (κ2) is 15.1. The zero-order chi connectivity index (χ0) is 30.9. The number of alkyl halides is 3. The van der Waals surface area contributed by atoms with Gasteiger partial charge in [0.05, 0.1) is 11.4 Å². The van der Waals surface area contributed by atoms with Gasteiger partial charge in [0, 0.05) is 23.5 Å². The lowest BCUT2D eigenvalue weighted by molar-refractivity contribution is -0.174. The summed E-state index contributed by atoms with van der Waals surface area (Å²) in [5.41, 5.74) is 10.9. The molecule has 0 amide bonds. The smallest absolute Gasteiger partial charge is 0.397 e. The average molecular weight is 600 g/mol. The third kappa shape index (κ3) is 9.21. The molecule has 0 aliphatic heterocycles. The van der Waals surface area contributed by atoms with Crippen molar-refractivity contribution in [2.45, 2.75) is 64.6 Å². The Labute approximate surface area is 251 Å². The Kier molecular flexibility index (Phi) is 11.8. The van der Waals surface area contributed by atoms with Crippen molar-refractivity contribution in [2.24, 2.45) is 4.99 Å². The van der Waals surface area contributed by atoms with Gasteiger partial charge in [-0.3, -0.25) is 4.99 Å². The molecule has 0 radical (unpaired) electrons. The lowest BCUT2D eigenvalue weighted by Gasteiger charge is -2.33. The summed E-state index contributed by atoms with van der Waals surface area (Å²) in [5.74, 6) is -0.609. The molecule has 3 aromatic carbocycles. The first kappa shape index (κ1) is 32.9. The summed E-state index contributed by atoms with van der Waals surface area (Å²) >= 11 is 6.11. The van der Waals surface area contributed by atoms with Crippen molar-refractivity contribution in [3.63, 3.8) is 0 Å². The minimum Gasteiger partial charge on any atom is -0.397 e. The molecule has 3 aromatic rings. The fraction of sp³-hybridized carbons (Fsp3) is 0.324. The summed E-state index contributed by atoms with van der Waals surface area (Å²) in [4.78, 5) is 5.90. The molecule has 0 aromatic heterocycles. The fourth-order valence-corrected chi connectivity index (χ4v) is 4.97. The SMILES string of the molecule is C=C(c1ccc(/N=C(\CCCCC/C(C)=C\CC)c2ccc(Cl)cc2)c(N)c1)N(C)C(c1ccc(F)cc1)C(F)(F)F. The van der Waals surface area contributed by atoms with Gasteiger partial charge in [-0.15, -0.1) is 0 Å². The van der Waals surface area contributed by atoms with Crippen LogP contribution in [0.1, 0.15) is 75.1 Å². The van der Waals surface area contributed by atoms with Crippen LogP contribution in [0.4, 0.5) is 28.9 Å². The first-order chi connectivity index (χ1) is 19.9. The monoisotopic (exact) mass is 599 g/mol. The van der Waals surface area contributed by atoms with Crippen LogP contribution in [-0.4, -0.2) is 23.8 Å². The molecule has 1 unspecified atom stereocenters. The second-order valence-electron chi connectivity index (χ2n) is 10.4. The number of allylic oxidation sites excluding steroid dienone is 2. The molecule has 1 atom stereocenters. The van der Waals surface area contributed by atoms with Gasteiger partial charge in [-0.25, -0.2) is 4.39 Å². The van der Waals surface area contributed by atoms with Crippen LogP contribution in [0.2, 0.25) is 5.02 Å². The van der Waals surface area contributed by atoms with Crippen molar-refractivity contribution < 1.29 is 17.6 Å². The first-order valence-corrected chi connectivity index (χ1v) is 14.4. The molecular formula is C34H38ClF4N3. The molecule has 0 aliphatic carbocycles. The van der Waals surface area contributed by atoms with Gasteiger partial charge in [-0.1, -0.05) is 73.5 Å². The molecule has 0 spiro atoms. The van der Waals surface area contributed by atoms with E-state index in [-0.39, 0.29) is 11.3 Å². The highest BCUT2D eigenvalue weighted by Gasteiger charge is 2.44. The number of nitrogens with zero attached hydrogens (tertiary/aromatic N) is 2. The van der Waals surface area contributed by atoms with Crippen LogP contribution in [0.5, 0.6) is 0 Å². The van der Waals surface area contributed by atoms with Crippen LogP contribution in [-0.2, 0) is 0 Å². The summed E-state index contributed by atoms with van der Waals surface area (Å²) in [7, 11) is 1.31. The molecule has 0 bridgehead atoms. The predicted octanol–water partition coefficient (Wildman–Crippen LogP) is 10.7. The van der Waals surface area contributed by atoms with Crippen LogP contribution in [0.3, 0.4) is 0 Å². The minimum atomic E-state index is -4.62. The molecule has 0 saturated carbocycles. The summed E-state index contributed by atoms with van der Waals surface area (Å²) in [6.45, 7) is 8.21. The van der Waals surface area contributed by atoms with E-state index in [0.717, 1.165) is 79.0 Å². The summed E-state index contributed by atoms with van der Waals surface area (Å²) in [6.07, 6.45) is 3.58. The zero-order valence-corrected chi connectivity index (χ0v) is 25.1. The van der Waals surface area contributed by atoms with E-state index in [2.05, 4.69) is 26.5 Å². The van der Waals surface area contributed by atoms with Crippen molar-refractivity contribution >= 4 is 34.4 Å². The molecule has 0 aliphatic rings. The zero-order valence-electron chi connectivity index (χ0n) is 24.3. The summed E-state index contributed by atoms with van der Waals surface area (Å²) in [5, 5.41) is 0.626. The quantitative estimate of drug-likeness (QED) is 0.0698. The van der Waals surface area contributed by atoms with E-state index < -0.39 is 18.0 Å². The van der Waals surface area contributed by atoms with E-state index in [1.165, 1.54) is 12.6 Å². The Bertz CT molecular complexity index is 1390. The number of aliphatic imine (C=N–C) groups is 1. The van der Waals surface area contributed by atoms with Gasteiger partial charge in [-0.05, 0) is 92.1 Å². The topological polar surface area (TPSA) is 41.6 Å². The summed E-state index contributed by atoms with van der Waals surface area (Å²) < 4.78 is 55.7. The van der Waals surface area contributed by atoms with Gasteiger partial charge in [0.1, 0.15) is 5.82 Å². The van der Waals surface area contributed by atoms with Crippen molar-refractivity contribution in [2.75, 3.05) is 12.8 Å². The molecule has 2 N–H and O–H groups in total. The normalized spacial score (nSPS) is 13.2. The summed E-state index contributed by atoms with van der Waals surface area (Å²) in [6, 6.07) is 14.7. The molecule has 224 valence electrons. The molecule has 42 heavy (non-hydrogen) atoms. The minimum absolute atomic E-state index is 0.0918. The Morgan fingerprint density at radius 3 is 2.19 bits per heavy atom. The third-order valence-electron chi connectivity index (χ3n) is 7.14. The van der Waals surface area contributed by atoms with Crippen LogP contribution in [0.25, 0.3) is 5.70 Å². The number of benzene rings is 3. The molecule has 3 rings (SSSR count). The lowest BCUT2D eigenvalue weighted by Crippen LogP contribution is -2.34. The maximum atomic E-state index is 14.1. The van der Waals surface area contributed by atoms with E-state index in [9.17, 15) is 17.6 Å². The maximum absolute atomic E-state index is 14.1. The van der Waals surface area contributed by atoms with Gasteiger partial charge in [0.25, 0.3) is 0 Å². The van der Waals surface area contributed by atoms with Gasteiger partial charge < -0.3 is 10.6 Å². The number of anilines is 1. The highest BCUT2D eigenvalue weighted by atomic mass is 35.5. The predicted molar refractivity (Wildman–Crippen MR) is 168 cm³/mol. The van der Waals surface area contributed by atoms with Gasteiger partial charge in [0.2, 0.25) is 0 Å². The number of nitrogens with two attached hydrogens (primary N) is 1. The van der Waals surface area contributed by atoms with E-state index in [0.29, 0.717) is 22.0 Å². The Morgan fingerprint density at radius 2 is 1.60 bits per heavy atom. The Balaban J connectivity index is 1.83. The molecular weight excluding hydrogens is 562 g/mol. The van der Waals surface area contributed by atoms with E-state index in [1.807, 2.05) is 24.3 Å². The van der Waals surface area contributed by atoms with Crippen LogP contribution in [0.15, 0.2) is 90.0 Å². The number of rotatable bonds is 13. The molecule has 8 heteroatoms. The second-order valence-corrected chi connectivity index (χ2v) is 10.8. The number of hydrogen-bond acceptors (Lipinski definition) is 3. The third-order valence-corrected chi connectivity index (χ3v) is 7.39. The largest absolute Gasteiger partial charge is 0.412 e. The molecule has 3 nitrogen and oxygen atoms in total. The number of nitrogen functional groups attached to an aromatic ring is 1. The highest BCUT2D eigenvalue weighted by Crippen LogP contribution is 2.41. The molecule has 0 saturated heterocycles. The standard InChI is InChI=1S/C34H38ClF4N3/c1-5-9-23(2)10-7-6-8-11-31(25-12-17-28(35)18-13-25)41-32-21-16-27(22-30(32)40)24(3)42(4)33(34(37,38)39)26-14-19-29(36)20-15-26/h9,12-22,33H,3,5-8,10-11,40H2,1-2,4H3/b23-9-,41-31+. The first-order valence-electron chi connectivity index (χ1n) is 14.0. The fourth-order valence-electron chi connectivity index (χ4n) is 4.85. The number of unbranched alkanes of at least 4 members (excludes halogenated alkanes) is 2. The molecule has 0 heterocycles. The highest BCUT2D eigenvalue weighted by molar-refractivity contribution is 6.30. The van der Waals surface area contributed by atoms with Crippen LogP contribution < -0.4 is 5.73 Å². The van der Waals surface area contributed by atoms with Crippen molar-refractivity contribution in [1.82, 2.24) is 4.90 Å². The number of halogens is 5. The Morgan fingerprint density at radius 1 is 0.976 bits per heavy atom.